The number of carboxylic acid groups (broad SMARTS) is 1. The molecule has 1 saturated heterocycles. The van der Waals surface area contributed by atoms with Crippen molar-refractivity contribution in [2.24, 2.45) is 5.41 Å². The Labute approximate surface area is 181 Å². The minimum atomic E-state index is -1.08. The van der Waals surface area contributed by atoms with E-state index in [1.54, 1.807) is 6.08 Å². The van der Waals surface area contributed by atoms with Crippen molar-refractivity contribution in [3.8, 4) is 11.1 Å². The van der Waals surface area contributed by atoms with Crippen molar-refractivity contribution < 1.29 is 24.2 Å². The van der Waals surface area contributed by atoms with E-state index in [0.29, 0.717) is 32.5 Å². The number of hydrogen-bond donors (Lipinski definition) is 2. The number of benzene rings is 2. The lowest BCUT2D eigenvalue weighted by Gasteiger charge is -2.33. The number of rotatable bonds is 8. The first-order chi connectivity index (χ1) is 15.1. The van der Waals surface area contributed by atoms with Gasteiger partial charge >= 0.3 is 12.1 Å². The molecule has 1 unspecified atom stereocenters. The van der Waals surface area contributed by atoms with E-state index in [4.69, 9.17) is 9.47 Å². The van der Waals surface area contributed by atoms with Gasteiger partial charge in [0, 0.05) is 17.9 Å². The summed E-state index contributed by atoms with van der Waals surface area (Å²) in [6.45, 7) is 4.64. The third-order valence-corrected chi connectivity index (χ3v) is 6.45. The molecular formula is C25H27NO5. The topological polar surface area (TPSA) is 84.9 Å². The molecule has 0 spiro atoms. The fourth-order valence-corrected chi connectivity index (χ4v) is 4.82. The van der Waals surface area contributed by atoms with Crippen molar-refractivity contribution in [1.82, 2.24) is 5.32 Å². The SMILES string of the molecule is C=CCCC1([C@H](NC(=O)OCC2c3ccccc3-c3ccccc32)C(=O)O)CCOC1. The van der Waals surface area contributed by atoms with Crippen molar-refractivity contribution in [2.75, 3.05) is 19.8 Å². The van der Waals surface area contributed by atoms with Gasteiger partial charge < -0.3 is 19.9 Å². The number of nitrogens with one attached hydrogen (secondary N) is 1. The quantitative estimate of drug-likeness (QED) is 0.619. The molecule has 0 aromatic heterocycles. The summed E-state index contributed by atoms with van der Waals surface area (Å²) < 4.78 is 11.1. The maximum Gasteiger partial charge on any atom is 0.407 e. The van der Waals surface area contributed by atoms with E-state index in [0.717, 1.165) is 22.3 Å². The molecule has 2 N–H and O–H groups in total. The first-order valence-electron chi connectivity index (χ1n) is 10.6. The standard InChI is InChI=1S/C25H27NO5/c1-2-3-12-25(13-14-30-16-25)22(23(27)28)26-24(29)31-15-21-19-10-6-4-8-17(19)18-9-5-7-11-20(18)21/h2,4-11,21-22H,1,3,12-16H2,(H,26,29)(H,27,28)/t22-,25?/m1/s1. The van der Waals surface area contributed by atoms with E-state index in [1.165, 1.54) is 0 Å². The molecule has 1 amide bonds. The molecule has 2 aromatic carbocycles. The highest BCUT2D eigenvalue weighted by Crippen LogP contribution is 2.44. The van der Waals surface area contributed by atoms with E-state index in [2.05, 4.69) is 24.0 Å². The van der Waals surface area contributed by atoms with Crippen LogP contribution >= 0.6 is 0 Å². The van der Waals surface area contributed by atoms with Crippen LogP contribution in [-0.4, -0.2) is 43.0 Å². The number of carbonyl (C=O) groups is 2. The predicted molar refractivity (Wildman–Crippen MR) is 117 cm³/mol. The largest absolute Gasteiger partial charge is 0.480 e. The Morgan fingerprint density at radius 1 is 1.19 bits per heavy atom. The fourth-order valence-electron chi connectivity index (χ4n) is 4.82. The van der Waals surface area contributed by atoms with Crippen molar-refractivity contribution in [2.45, 2.75) is 31.2 Å². The smallest absolute Gasteiger partial charge is 0.407 e. The highest BCUT2D eigenvalue weighted by atomic mass is 16.5. The normalized spacial score (nSPS) is 20.5. The molecule has 6 heteroatoms. The van der Waals surface area contributed by atoms with Crippen LogP contribution < -0.4 is 5.32 Å². The van der Waals surface area contributed by atoms with Crippen LogP contribution in [0.1, 0.15) is 36.3 Å². The van der Waals surface area contributed by atoms with E-state index in [-0.39, 0.29) is 12.5 Å². The lowest BCUT2D eigenvalue weighted by atomic mass is 9.75. The number of hydrogen-bond acceptors (Lipinski definition) is 4. The summed E-state index contributed by atoms with van der Waals surface area (Å²) in [6.07, 6.45) is 2.84. The summed E-state index contributed by atoms with van der Waals surface area (Å²) in [5.74, 6) is -1.16. The maximum atomic E-state index is 12.7. The number of carboxylic acids is 1. The first-order valence-corrected chi connectivity index (χ1v) is 10.6. The molecule has 1 heterocycles. The van der Waals surface area contributed by atoms with Crippen LogP contribution in [-0.2, 0) is 14.3 Å². The highest BCUT2D eigenvalue weighted by Gasteiger charge is 2.47. The van der Waals surface area contributed by atoms with Crippen LogP contribution in [0.2, 0.25) is 0 Å². The van der Waals surface area contributed by atoms with E-state index < -0.39 is 23.5 Å². The van der Waals surface area contributed by atoms with E-state index in [1.807, 2.05) is 36.4 Å². The van der Waals surface area contributed by atoms with Gasteiger partial charge in [-0.1, -0.05) is 54.6 Å². The van der Waals surface area contributed by atoms with Gasteiger partial charge in [-0.2, -0.15) is 0 Å². The summed E-state index contributed by atoms with van der Waals surface area (Å²) in [6, 6.07) is 15.1. The number of amides is 1. The Morgan fingerprint density at radius 3 is 2.39 bits per heavy atom. The van der Waals surface area contributed by atoms with Crippen LogP contribution in [0.3, 0.4) is 0 Å². The summed E-state index contributed by atoms with van der Waals surface area (Å²) in [5.41, 5.74) is 3.84. The second-order valence-electron chi connectivity index (χ2n) is 8.23. The first kappa shape index (κ1) is 21.1. The molecule has 1 fully saturated rings. The molecule has 31 heavy (non-hydrogen) atoms. The van der Waals surface area contributed by atoms with Crippen molar-refractivity contribution in [1.29, 1.82) is 0 Å². The van der Waals surface area contributed by atoms with Crippen LogP contribution in [0.15, 0.2) is 61.2 Å². The molecular weight excluding hydrogens is 394 g/mol. The summed E-state index contributed by atoms with van der Waals surface area (Å²) in [7, 11) is 0. The number of fused-ring (bicyclic) bond motifs is 3. The fraction of sp³-hybridized carbons (Fsp3) is 0.360. The molecule has 1 aliphatic carbocycles. The minimum Gasteiger partial charge on any atom is -0.480 e. The number of alkyl carbamates (subject to hydrolysis) is 1. The lowest BCUT2D eigenvalue weighted by Crippen LogP contribution is -2.53. The Bertz CT molecular complexity index is 934. The van der Waals surface area contributed by atoms with Crippen LogP contribution in [0, 0.1) is 5.41 Å². The second-order valence-corrected chi connectivity index (χ2v) is 8.23. The zero-order valence-corrected chi connectivity index (χ0v) is 17.4. The van der Waals surface area contributed by atoms with Gasteiger partial charge in [0.15, 0.2) is 0 Å². The second kappa shape index (κ2) is 8.94. The maximum absolute atomic E-state index is 12.7. The van der Waals surface area contributed by atoms with E-state index >= 15 is 0 Å². The molecule has 0 saturated carbocycles. The molecule has 2 aromatic rings. The van der Waals surface area contributed by atoms with Crippen molar-refractivity contribution in [3.05, 3.63) is 72.3 Å². The van der Waals surface area contributed by atoms with Crippen LogP contribution in [0.4, 0.5) is 4.79 Å². The summed E-state index contributed by atoms with van der Waals surface area (Å²) >= 11 is 0. The minimum absolute atomic E-state index is 0.0778. The molecule has 0 radical (unpaired) electrons. The molecule has 4 rings (SSSR count). The monoisotopic (exact) mass is 421 g/mol. The molecule has 162 valence electrons. The van der Waals surface area contributed by atoms with Crippen LogP contribution in [0.25, 0.3) is 11.1 Å². The summed E-state index contributed by atoms with van der Waals surface area (Å²) in [4.78, 5) is 24.7. The average molecular weight is 421 g/mol. The van der Waals surface area contributed by atoms with Crippen molar-refractivity contribution in [3.63, 3.8) is 0 Å². The highest BCUT2D eigenvalue weighted by molar-refractivity contribution is 5.81. The molecule has 0 bridgehead atoms. The zero-order chi connectivity index (χ0) is 21.8. The zero-order valence-electron chi connectivity index (χ0n) is 17.4. The number of carbonyl (C=O) groups excluding carboxylic acids is 1. The van der Waals surface area contributed by atoms with Gasteiger partial charge in [-0.3, -0.25) is 0 Å². The average Bonchev–Trinajstić information content (AvgIpc) is 3.38. The van der Waals surface area contributed by atoms with Gasteiger partial charge in [0.2, 0.25) is 0 Å². The van der Waals surface area contributed by atoms with E-state index in [9.17, 15) is 14.7 Å². The number of allylic oxidation sites excluding steroid dienone is 1. The number of ether oxygens (including phenoxy) is 2. The summed E-state index contributed by atoms with van der Waals surface area (Å²) in [5, 5.41) is 12.4. The Hall–Kier alpha value is -3.12. The van der Waals surface area contributed by atoms with Gasteiger partial charge in [-0.15, -0.1) is 6.58 Å². The Morgan fingerprint density at radius 2 is 1.84 bits per heavy atom. The third-order valence-electron chi connectivity index (χ3n) is 6.45. The van der Waals surface area contributed by atoms with Gasteiger partial charge in [0.1, 0.15) is 12.6 Å². The molecule has 1 aliphatic heterocycles. The Balaban J connectivity index is 1.47. The predicted octanol–water partition coefficient (Wildman–Crippen LogP) is 4.35. The Kier molecular flexibility index (Phi) is 6.09. The van der Waals surface area contributed by atoms with Crippen LogP contribution in [0.5, 0.6) is 0 Å². The van der Waals surface area contributed by atoms with Gasteiger partial charge in [0.25, 0.3) is 0 Å². The molecule has 2 aliphatic rings. The third kappa shape index (κ3) is 4.08. The van der Waals surface area contributed by atoms with Gasteiger partial charge in [0.05, 0.1) is 6.61 Å². The van der Waals surface area contributed by atoms with Gasteiger partial charge in [-0.25, -0.2) is 9.59 Å². The lowest BCUT2D eigenvalue weighted by molar-refractivity contribution is -0.143. The van der Waals surface area contributed by atoms with Crippen molar-refractivity contribution >= 4 is 12.1 Å². The molecule has 6 nitrogen and oxygen atoms in total. The van der Waals surface area contributed by atoms with Gasteiger partial charge in [-0.05, 0) is 41.5 Å². The molecule has 2 atom stereocenters. The number of aliphatic carboxylic acids is 1.